The van der Waals surface area contributed by atoms with Crippen LogP contribution < -0.4 is 11.1 Å². The van der Waals surface area contributed by atoms with Gasteiger partial charge < -0.3 is 16.2 Å². The first-order valence-electron chi connectivity index (χ1n) is 4.42. The Morgan fingerprint density at radius 3 is 2.69 bits per heavy atom. The van der Waals surface area contributed by atoms with Gasteiger partial charge in [0.15, 0.2) is 0 Å². The van der Waals surface area contributed by atoms with E-state index in [9.17, 15) is 0 Å². The zero-order chi connectivity index (χ0) is 9.84. The van der Waals surface area contributed by atoms with E-state index in [2.05, 4.69) is 19.2 Å². The Bertz CT molecular complexity index is 284. The summed E-state index contributed by atoms with van der Waals surface area (Å²) >= 11 is 0. The fourth-order valence-electron chi connectivity index (χ4n) is 1.03. The highest BCUT2D eigenvalue weighted by Gasteiger charge is 2.00. The number of hydrogen-bond acceptors (Lipinski definition) is 3. The number of rotatable bonds is 3. The molecule has 0 aliphatic rings. The molecule has 3 heteroatoms. The lowest BCUT2D eigenvalue weighted by Crippen LogP contribution is -2.09. The van der Waals surface area contributed by atoms with Gasteiger partial charge in [0.1, 0.15) is 5.75 Å². The monoisotopic (exact) mass is 180 g/mol. The van der Waals surface area contributed by atoms with Crippen molar-refractivity contribution in [2.45, 2.75) is 13.8 Å². The second-order valence-electron chi connectivity index (χ2n) is 3.55. The zero-order valence-electron chi connectivity index (χ0n) is 8.04. The first-order chi connectivity index (χ1) is 6.09. The van der Waals surface area contributed by atoms with Crippen LogP contribution in [0.4, 0.5) is 11.4 Å². The van der Waals surface area contributed by atoms with Crippen LogP contribution in [0.1, 0.15) is 13.8 Å². The van der Waals surface area contributed by atoms with Crippen LogP contribution in [-0.4, -0.2) is 11.7 Å². The topological polar surface area (TPSA) is 58.3 Å². The van der Waals surface area contributed by atoms with E-state index in [0.717, 1.165) is 12.2 Å². The lowest BCUT2D eigenvalue weighted by atomic mass is 10.2. The highest BCUT2D eigenvalue weighted by Crippen LogP contribution is 2.23. The number of nitrogens with two attached hydrogens (primary N) is 1. The Labute approximate surface area is 78.6 Å². The molecular weight excluding hydrogens is 164 g/mol. The van der Waals surface area contributed by atoms with E-state index < -0.39 is 0 Å². The van der Waals surface area contributed by atoms with Crippen LogP contribution in [0.2, 0.25) is 0 Å². The van der Waals surface area contributed by atoms with Crippen LogP contribution >= 0.6 is 0 Å². The highest BCUT2D eigenvalue weighted by atomic mass is 16.3. The summed E-state index contributed by atoms with van der Waals surface area (Å²) in [7, 11) is 0. The maximum Gasteiger partial charge on any atom is 0.117 e. The van der Waals surface area contributed by atoms with Crippen molar-refractivity contribution < 1.29 is 5.11 Å². The number of nitrogens with one attached hydrogen (secondary N) is 1. The molecule has 0 spiro atoms. The summed E-state index contributed by atoms with van der Waals surface area (Å²) in [5.74, 6) is 0.779. The molecular formula is C10H16N2O. The van der Waals surface area contributed by atoms with Gasteiger partial charge in [0, 0.05) is 12.6 Å². The molecule has 4 N–H and O–H groups in total. The fraction of sp³-hybridized carbons (Fsp3) is 0.400. The molecule has 13 heavy (non-hydrogen) atoms. The van der Waals surface area contributed by atoms with Gasteiger partial charge in [-0.15, -0.1) is 0 Å². The summed E-state index contributed by atoms with van der Waals surface area (Å²) < 4.78 is 0. The van der Waals surface area contributed by atoms with Gasteiger partial charge in [-0.05, 0) is 18.1 Å². The molecule has 0 amide bonds. The molecule has 0 saturated heterocycles. The van der Waals surface area contributed by atoms with Gasteiger partial charge in [-0.2, -0.15) is 0 Å². The van der Waals surface area contributed by atoms with Crippen LogP contribution in [-0.2, 0) is 0 Å². The predicted octanol–water partition coefficient (Wildman–Crippen LogP) is 2.04. The number of phenolic OH excluding ortho intramolecular Hbond substituents is 1. The largest absolute Gasteiger partial charge is 0.508 e. The van der Waals surface area contributed by atoms with Gasteiger partial charge >= 0.3 is 0 Å². The van der Waals surface area contributed by atoms with Crippen molar-refractivity contribution >= 4 is 11.4 Å². The SMILES string of the molecule is CC(C)CNc1ccc(O)cc1N. The van der Waals surface area contributed by atoms with Gasteiger partial charge in [-0.3, -0.25) is 0 Å². The molecule has 0 saturated carbocycles. The summed E-state index contributed by atoms with van der Waals surface area (Å²) in [4.78, 5) is 0. The van der Waals surface area contributed by atoms with Crippen LogP contribution in [0.25, 0.3) is 0 Å². The molecule has 1 aromatic carbocycles. The standard InChI is InChI=1S/C10H16N2O/c1-7(2)6-12-10-4-3-8(13)5-9(10)11/h3-5,7,12-13H,6,11H2,1-2H3. The van der Waals surface area contributed by atoms with Crippen molar-refractivity contribution in [2.75, 3.05) is 17.6 Å². The molecule has 0 heterocycles. The van der Waals surface area contributed by atoms with E-state index in [1.54, 1.807) is 18.2 Å². The Morgan fingerprint density at radius 1 is 1.46 bits per heavy atom. The van der Waals surface area contributed by atoms with Crippen molar-refractivity contribution in [3.05, 3.63) is 18.2 Å². The minimum Gasteiger partial charge on any atom is -0.508 e. The van der Waals surface area contributed by atoms with Crippen LogP contribution in [0.5, 0.6) is 5.75 Å². The van der Waals surface area contributed by atoms with E-state index in [-0.39, 0.29) is 5.75 Å². The Morgan fingerprint density at radius 2 is 2.15 bits per heavy atom. The number of hydrogen-bond donors (Lipinski definition) is 3. The highest BCUT2D eigenvalue weighted by molar-refractivity contribution is 5.67. The zero-order valence-corrected chi connectivity index (χ0v) is 8.04. The first kappa shape index (κ1) is 9.71. The predicted molar refractivity (Wildman–Crippen MR) is 55.8 cm³/mol. The van der Waals surface area contributed by atoms with Gasteiger partial charge in [0.2, 0.25) is 0 Å². The van der Waals surface area contributed by atoms with Crippen LogP contribution in [0, 0.1) is 5.92 Å². The summed E-state index contributed by atoms with van der Waals surface area (Å²) in [6, 6.07) is 4.95. The minimum absolute atomic E-state index is 0.201. The molecule has 0 aliphatic heterocycles. The van der Waals surface area contributed by atoms with Crippen LogP contribution in [0.3, 0.4) is 0 Å². The van der Waals surface area contributed by atoms with Gasteiger partial charge in [-0.25, -0.2) is 0 Å². The van der Waals surface area contributed by atoms with Gasteiger partial charge in [-0.1, -0.05) is 13.8 Å². The Hall–Kier alpha value is -1.38. The van der Waals surface area contributed by atoms with E-state index >= 15 is 0 Å². The normalized spacial score (nSPS) is 10.4. The summed E-state index contributed by atoms with van der Waals surface area (Å²) in [6.45, 7) is 5.14. The van der Waals surface area contributed by atoms with Crippen LogP contribution in [0.15, 0.2) is 18.2 Å². The molecule has 0 fully saturated rings. The molecule has 0 bridgehead atoms. The summed E-state index contributed by atoms with van der Waals surface area (Å²) in [6.07, 6.45) is 0. The second kappa shape index (κ2) is 4.03. The lowest BCUT2D eigenvalue weighted by Gasteiger charge is -2.11. The summed E-state index contributed by atoms with van der Waals surface area (Å²) in [5, 5.41) is 12.3. The molecule has 0 radical (unpaired) electrons. The van der Waals surface area contributed by atoms with Crippen molar-refractivity contribution in [1.82, 2.24) is 0 Å². The maximum absolute atomic E-state index is 9.11. The van der Waals surface area contributed by atoms with Crippen molar-refractivity contribution in [1.29, 1.82) is 0 Å². The number of phenols is 1. The van der Waals surface area contributed by atoms with Gasteiger partial charge in [0.25, 0.3) is 0 Å². The first-order valence-corrected chi connectivity index (χ1v) is 4.42. The van der Waals surface area contributed by atoms with E-state index in [4.69, 9.17) is 10.8 Å². The van der Waals surface area contributed by atoms with Crippen molar-refractivity contribution in [2.24, 2.45) is 5.92 Å². The molecule has 72 valence electrons. The number of benzene rings is 1. The average Bonchev–Trinajstić information content (AvgIpc) is 2.02. The minimum atomic E-state index is 0.201. The number of anilines is 2. The lowest BCUT2D eigenvalue weighted by molar-refractivity contribution is 0.475. The second-order valence-corrected chi connectivity index (χ2v) is 3.55. The third-order valence-corrected chi connectivity index (χ3v) is 1.74. The molecule has 1 aromatic rings. The molecule has 0 aliphatic carbocycles. The third-order valence-electron chi connectivity index (χ3n) is 1.74. The molecule has 0 aromatic heterocycles. The van der Waals surface area contributed by atoms with E-state index in [1.807, 2.05) is 0 Å². The van der Waals surface area contributed by atoms with Crippen molar-refractivity contribution in [3.8, 4) is 5.75 Å². The summed E-state index contributed by atoms with van der Waals surface area (Å²) in [5.41, 5.74) is 7.15. The number of aromatic hydroxyl groups is 1. The van der Waals surface area contributed by atoms with E-state index in [1.165, 1.54) is 0 Å². The Balaban J connectivity index is 2.67. The van der Waals surface area contributed by atoms with Gasteiger partial charge in [0.05, 0.1) is 11.4 Å². The molecule has 1 rings (SSSR count). The molecule has 0 unspecified atom stereocenters. The fourth-order valence-corrected chi connectivity index (χ4v) is 1.03. The van der Waals surface area contributed by atoms with E-state index in [0.29, 0.717) is 11.6 Å². The molecule has 0 atom stereocenters. The quantitative estimate of drug-likeness (QED) is 0.493. The maximum atomic E-state index is 9.11. The Kier molecular flexibility index (Phi) is 3.01. The third kappa shape index (κ3) is 2.86. The smallest absolute Gasteiger partial charge is 0.117 e. The van der Waals surface area contributed by atoms with Crippen molar-refractivity contribution in [3.63, 3.8) is 0 Å². The average molecular weight is 180 g/mol. The number of nitrogen functional groups attached to an aromatic ring is 1. The molecule has 3 nitrogen and oxygen atoms in total.